The Labute approximate surface area is 186 Å². The molecule has 1 N–H and O–H groups in total. The monoisotopic (exact) mass is 454 g/mol. The molecule has 0 unspecified atom stereocenters. The van der Waals surface area contributed by atoms with Crippen molar-refractivity contribution in [2.75, 3.05) is 126 Å². The van der Waals surface area contributed by atoms with Crippen molar-refractivity contribution in [3.63, 3.8) is 0 Å². The summed E-state index contributed by atoms with van der Waals surface area (Å²) in [4.78, 5) is 0. The summed E-state index contributed by atoms with van der Waals surface area (Å²) in [6, 6.07) is 0. The molecule has 0 aromatic rings. The third-order valence-electron chi connectivity index (χ3n) is 3.45. The van der Waals surface area contributed by atoms with Gasteiger partial charge in [-0.2, -0.15) is 0 Å². The second-order valence-electron chi connectivity index (χ2n) is 5.99. The lowest BCUT2D eigenvalue weighted by Crippen LogP contribution is -2.15. The van der Waals surface area contributed by atoms with Crippen LogP contribution in [-0.4, -0.2) is 131 Å². The zero-order valence-electron chi connectivity index (χ0n) is 18.8. The van der Waals surface area contributed by atoms with Crippen LogP contribution in [0.3, 0.4) is 0 Å². The third kappa shape index (κ3) is 29.3. The standard InChI is InChI=1S/C21H42O10/c1-2-4-23-6-8-25-10-12-27-14-16-29-18-20-31-21-19-30-17-15-28-13-11-26-9-7-24-5-3-22/h2,22H,1,3-21H2. The lowest BCUT2D eigenvalue weighted by molar-refractivity contribution is -0.0251. The number of rotatable bonds is 28. The minimum absolute atomic E-state index is 0.0306. The van der Waals surface area contributed by atoms with Crippen LogP contribution in [0, 0.1) is 0 Å². The van der Waals surface area contributed by atoms with Gasteiger partial charge in [0.2, 0.25) is 0 Å². The van der Waals surface area contributed by atoms with E-state index < -0.39 is 0 Å². The first kappa shape index (κ1) is 30.3. The maximum absolute atomic E-state index is 8.54. The van der Waals surface area contributed by atoms with E-state index in [-0.39, 0.29) is 6.61 Å². The maximum Gasteiger partial charge on any atom is 0.0704 e. The van der Waals surface area contributed by atoms with Gasteiger partial charge in [0.25, 0.3) is 0 Å². The van der Waals surface area contributed by atoms with Gasteiger partial charge in [0.05, 0.1) is 126 Å². The molecule has 10 heteroatoms. The van der Waals surface area contributed by atoms with E-state index in [9.17, 15) is 0 Å². The van der Waals surface area contributed by atoms with E-state index in [1.807, 2.05) is 0 Å². The summed E-state index contributed by atoms with van der Waals surface area (Å²) >= 11 is 0. The first-order chi connectivity index (χ1) is 15.4. The van der Waals surface area contributed by atoms with Gasteiger partial charge >= 0.3 is 0 Å². The van der Waals surface area contributed by atoms with Gasteiger partial charge < -0.3 is 47.7 Å². The molecule has 186 valence electrons. The molecule has 0 aromatic carbocycles. The Balaban J connectivity index is 2.98. The van der Waals surface area contributed by atoms with Gasteiger partial charge in [-0.15, -0.1) is 6.58 Å². The molecule has 0 aromatic heterocycles. The van der Waals surface area contributed by atoms with Crippen molar-refractivity contribution < 1.29 is 47.7 Å². The van der Waals surface area contributed by atoms with E-state index in [4.69, 9.17) is 47.7 Å². The van der Waals surface area contributed by atoms with Crippen LogP contribution >= 0.6 is 0 Å². The quantitative estimate of drug-likeness (QED) is 0.131. The molecule has 0 aliphatic rings. The summed E-state index contributed by atoms with van der Waals surface area (Å²) < 4.78 is 47.9. The average molecular weight is 455 g/mol. The number of aliphatic hydroxyl groups is 1. The Hall–Kier alpha value is -0.660. The van der Waals surface area contributed by atoms with Gasteiger partial charge in [-0.1, -0.05) is 6.08 Å². The highest BCUT2D eigenvalue weighted by Gasteiger charge is 1.95. The minimum atomic E-state index is 0.0306. The Morgan fingerprint density at radius 1 is 0.387 bits per heavy atom. The van der Waals surface area contributed by atoms with Crippen LogP contribution in [0.2, 0.25) is 0 Å². The molecule has 0 saturated heterocycles. The highest BCUT2D eigenvalue weighted by Crippen LogP contribution is 1.86. The fourth-order valence-electron chi connectivity index (χ4n) is 1.99. The Morgan fingerprint density at radius 3 is 0.839 bits per heavy atom. The highest BCUT2D eigenvalue weighted by molar-refractivity contribution is 4.63. The van der Waals surface area contributed by atoms with Crippen LogP contribution < -0.4 is 0 Å². The van der Waals surface area contributed by atoms with Crippen LogP contribution in [0.15, 0.2) is 12.7 Å². The molecule has 0 fully saturated rings. The molecule has 0 radical (unpaired) electrons. The fraction of sp³-hybridized carbons (Fsp3) is 0.905. The first-order valence-electron chi connectivity index (χ1n) is 10.8. The number of hydrogen-bond acceptors (Lipinski definition) is 10. The van der Waals surface area contributed by atoms with Crippen LogP contribution in [0.1, 0.15) is 0 Å². The average Bonchev–Trinajstić information content (AvgIpc) is 2.78. The van der Waals surface area contributed by atoms with Gasteiger partial charge in [-0.3, -0.25) is 0 Å². The van der Waals surface area contributed by atoms with Crippen molar-refractivity contribution >= 4 is 0 Å². The lowest BCUT2D eigenvalue weighted by atomic mass is 10.6. The molecule has 0 bridgehead atoms. The van der Waals surface area contributed by atoms with Crippen molar-refractivity contribution in [3.8, 4) is 0 Å². The van der Waals surface area contributed by atoms with E-state index in [1.165, 1.54) is 0 Å². The molecular formula is C21H42O10. The van der Waals surface area contributed by atoms with Gasteiger partial charge in [0.1, 0.15) is 0 Å². The van der Waals surface area contributed by atoms with Crippen molar-refractivity contribution in [2.24, 2.45) is 0 Å². The zero-order chi connectivity index (χ0) is 22.5. The SMILES string of the molecule is C=CCOCCOCCOCCOCCOCCOCCOCCOCCOCCO. The van der Waals surface area contributed by atoms with Crippen LogP contribution in [-0.2, 0) is 42.6 Å². The van der Waals surface area contributed by atoms with E-state index in [2.05, 4.69) is 6.58 Å². The fourth-order valence-corrected chi connectivity index (χ4v) is 1.99. The number of aliphatic hydroxyl groups excluding tert-OH is 1. The summed E-state index contributed by atoms with van der Waals surface area (Å²) in [6.45, 7) is 12.9. The molecule has 31 heavy (non-hydrogen) atoms. The normalized spacial score (nSPS) is 11.3. The van der Waals surface area contributed by atoms with Crippen molar-refractivity contribution in [2.45, 2.75) is 0 Å². The van der Waals surface area contributed by atoms with Crippen LogP contribution in [0.5, 0.6) is 0 Å². The lowest BCUT2D eigenvalue weighted by Gasteiger charge is -2.08. The molecule has 0 aliphatic carbocycles. The van der Waals surface area contributed by atoms with Gasteiger partial charge in [-0.05, 0) is 0 Å². The molecule has 0 atom stereocenters. The van der Waals surface area contributed by atoms with E-state index in [0.717, 1.165) is 0 Å². The number of ether oxygens (including phenoxy) is 9. The number of hydrogen-bond donors (Lipinski definition) is 1. The van der Waals surface area contributed by atoms with Crippen molar-refractivity contribution in [3.05, 3.63) is 12.7 Å². The molecule has 0 saturated carbocycles. The van der Waals surface area contributed by atoms with E-state index >= 15 is 0 Å². The van der Waals surface area contributed by atoms with Gasteiger partial charge in [0.15, 0.2) is 0 Å². The summed E-state index contributed by atoms with van der Waals surface area (Å²) in [6.07, 6.45) is 1.71. The second kappa shape index (κ2) is 29.3. The summed E-state index contributed by atoms with van der Waals surface area (Å²) in [5, 5.41) is 8.54. The molecule has 0 heterocycles. The largest absolute Gasteiger partial charge is 0.394 e. The molecule has 10 nitrogen and oxygen atoms in total. The zero-order valence-corrected chi connectivity index (χ0v) is 18.8. The predicted molar refractivity (Wildman–Crippen MR) is 115 cm³/mol. The second-order valence-corrected chi connectivity index (χ2v) is 5.99. The van der Waals surface area contributed by atoms with Crippen LogP contribution in [0.25, 0.3) is 0 Å². The topological polar surface area (TPSA) is 103 Å². The Morgan fingerprint density at radius 2 is 0.613 bits per heavy atom. The van der Waals surface area contributed by atoms with E-state index in [0.29, 0.717) is 119 Å². The Kier molecular flexibility index (Phi) is 28.7. The van der Waals surface area contributed by atoms with Crippen molar-refractivity contribution in [1.29, 1.82) is 0 Å². The summed E-state index contributed by atoms with van der Waals surface area (Å²) in [7, 11) is 0. The van der Waals surface area contributed by atoms with Gasteiger partial charge in [0, 0.05) is 0 Å². The van der Waals surface area contributed by atoms with Crippen molar-refractivity contribution in [1.82, 2.24) is 0 Å². The Bertz CT molecular complexity index is 333. The van der Waals surface area contributed by atoms with E-state index in [1.54, 1.807) is 6.08 Å². The third-order valence-corrected chi connectivity index (χ3v) is 3.45. The molecular weight excluding hydrogens is 412 g/mol. The molecule has 0 aliphatic heterocycles. The predicted octanol–water partition coefficient (Wildman–Crippen LogP) is 0.314. The summed E-state index contributed by atoms with van der Waals surface area (Å²) in [5.41, 5.74) is 0. The van der Waals surface area contributed by atoms with Gasteiger partial charge in [-0.25, -0.2) is 0 Å². The maximum atomic E-state index is 8.54. The highest BCUT2D eigenvalue weighted by atomic mass is 16.6. The smallest absolute Gasteiger partial charge is 0.0704 e. The summed E-state index contributed by atoms with van der Waals surface area (Å²) in [5.74, 6) is 0. The molecule has 0 spiro atoms. The van der Waals surface area contributed by atoms with Crippen LogP contribution in [0.4, 0.5) is 0 Å². The minimum Gasteiger partial charge on any atom is -0.394 e. The molecule has 0 rings (SSSR count). The first-order valence-corrected chi connectivity index (χ1v) is 10.8. The molecule has 0 amide bonds.